The highest BCUT2D eigenvalue weighted by Crippen LogP contribution is 2.06. The lowest BCUT2D eigenvalue weighted by Gasteiger charge is -2.20. The molecule has 0 aliphatic carbocycles. The van der Waals surface area contributed by atoms with Gasteiger partial charge in [0.15, 0.2) is 6.54 Å². The lowest BCUT2D eigenvalue weighted by atomic mass is 10.1. The molecule has 1 aliphatic rings. The fraction of sp³-hybridized carbons (Fsp3) is 0.857. The van der Waals surface area contributed by atoms with Gasteiger partial charge in [0.2, 0.25) is 0 Å². The Balaban J connectivity index is 0.000000292. The second-order valence-electron chi connectivity index (χ2n) is 3.14. The van der Waals surface area contributed by atoms with E-state index in [0.29, 0.717) is 6.54 Å². The molecule has 1 heterocycles. The average Bonchev–Trinajstić information content (AvgIpc) is 2.03. The Kier molecular flexibility index (Phi) is 6.29. The molecule has 1 aliphatic heterocycles. The van der Waals surface area contributed by atoms with Crippen molar-refractivity contribution in [3.8, 4) is 6.07 Å². The van der Waals surface area contributed by atoms with Gasteiger partial charge >= 0.3 is 7.25 Å². The van der Waals surface area contributed by atoms with Gasteiger partial charge in [-0.3, -0.25) is 0 Å². The van der Waals surface area contributed by atoms with Crippen LogP contribution in [0.25, 0.3) is 0 Å². The number of piperidine rings is 1. The number of nitriles is 1. The van der Waals surface area contributed by atoms with Crippen molar-refractivity contribution in [1.29, 1.82) is 5.26 Å². The zero-order valence-corrected chi connectivity index (χ0v) is 7.78. The van der Waals surface area contributed by atoms with Crippen LogP contribution in [0.15, 0.2) is 0 Å². The quantitative estimate of drug-likeness (QED) is 0.390. The number of nitrogens with zero attached hydrogens (tertiary/aromatic N) is 1. The molecule has 0 saturated carbocycles. The van der Waals surface area contributed by atoms with E-state index in [2.05, 4.69) is 6.07 Å². The zero-order chi connectivity index (χ0) is 11.0. The first-order valence-electron chi connectivity index (χ1n) is 4.51. The Labute approximate surface area is 80.6 Å². The number of hydrogen-bond donors (Lipinski definition) is 1. The lowest BCUT2D eigenvalue weighted by Crippen LogP contribution is -3.12. The molecule has 1 saturated heterocycles. The Bertz CT molecular complexity index is 177. The molecule has 7 heteroatoms. The summed E-state index contributed by atoms with van der Waals surface area (Å²) in [7, 11) is -6.00. The first-order valence-corrected chi connectivity index (χ1v) is 4.51. The molecule has 0 atom stereocenters. The van der Waals surface area contributed by atoms with Crippen LogP contribution >= 0.6 is 0 Å². The van der Waals surface area contributed by atoms with Gasteiger partial charge in [-0.15, -0.1) is 0 Å². The third kappa shape index (κ3) is 11.2. The van der Waals surface area contributed by atoms with Crippen LogP contribution in [0.2, 0.25) is 0 Å². The van der Waals surface area contributed by atoms with Crippen LogP contribution in [0.5, 0.6) is 0 Å². The molecule has 0 spiro atoms. The van der Waals surface area contributed by atoms with Gasteiger partial charge in [-0.05, 0) is 19.3 Å². The normalized spacial score (nSPS) is 17.9. The van der Waals surface area contributed by atoms with Crippen LogP contribution in [0.4, 0.5) is 17.3 Å². The van der Waals surface area contributed by atoms with Gasteiger partial charge in [-0.2, -0.15) is 5.26 Å². The van der Waals surface area contributed by atoms with E-state index in [-0.39, 0.29) is 0 Å². The van der Waals surface area contributed by atoms with Crippen LogP contribution in [-0.4, -0.2) is 26.9 Å². The molecule has 82 valence electrons. The lowest BCUT2D eigenvalue weighted by molar-refractivity contribution is -0.897. The maximum absolute atomic E-state index is 9.75. The van der Waals surface area contributed by atoms with Crippen LogP contribution in [0.1, 0.15) is 19.3 Å². The number of halogens is 4. The number of hydrogen-bond acceptors (Lipinski definition) is 1. The van der Waals surface area contributed by atoms with Crippen molar-refractivity contribution in [2.24, 2.45) is 0 Å². The number of quaternary nitrogens is 1. The maximum Gasteiger partial charge on any atom is 0.673 e. The van der Waals surface area contributed by atoms with Gasteiger partial charge in [0.1, 0.15) is 6.07 Å². The molecule has 0 aromatic heterocycles. The summed E-state index contributed by atoms with van der Waals surface area (Å²) in [5.41, 5.74) is 0. The van der Waals surface area contributed by atoms with Crippen molar-refractivity contribution in [3.63, 3.8) is 0 Å². The van der Waals surface area contributed by atoms with E-state index in [0.717, 1.165) is 0 Å². The Morgan fingerprint density at radius 2 is 1.50 bits per heavy atom. The van der Waals surface area contributed by atoms with Crippen molar-refractivity contribution in [2.75, 3.05) is 19.6 Å². The minimum atomic E-state index is -6.00. The highest BCUT2D eigenvalue weighted by molar-refractivity contribution is 6.50. The van der Waals surface area contributed by atoms with Crippen LogP contribution in [0, 0.1) is 11.3 Å². The smallest absolute Gasteiger partial charge is 0.418 e. The van der Waals surface area contributed by atoms with E-state index in [1.807, 2.05) is 0 Å². The van der Waals surface area contributed by atoms with Crippen molar-refractivity contribution in [2.45, 2.75) is 19.3 Å². The third-order valence-corrected chi connectivity index (χ3v) is 1.89. The molecule has 0 bridgehead atoms. The zero-order valence-electron chi connectivity index (χ0n) is 7.78. The molecular weight excluding hydrogens is 199 g/mol. The van der Waals surface area contributed by atoms with Crippen molar-refractivity contribution in [1.82, 2.24) is 0 Å². The molecule has 2 nitrogen and oxygen atoms in total. The summed E-state index contributed by atoms with van der Waals surface area (Å²) < 4.78 is 39.0. The van der Waals surface area contributed by atoms with Crippen molar-refractivity contribution < 1.29 is 22.2 Å². The molecule has 1 fully saturated rings. The van der Waals surface area contributed by atoms with E-state index in [4.69, 9.17) is 5.26 Å². The first-order chi connectivity index (χ1) is 6.43. The van der Waals surface area contributed by atoms with Gasteiger partial charge in [0, 0.05) is 0 Å². The van der Waals surface area contributed by atoms with Gasteiger partial charge in [-0.25, -0.2) is 0 Å². The number of nitrogens with one attached hydrogen (secondary N) is 1. The molecule has 0 unspecified atom stereocenters. The highest BCUT2D eigenvalue weighted by Gasteiger charge is 2.20. The second kappa shape index (κ2) is 6.65. The van der Waals surface area contributed by atoms with E-state index < -0.39 is 7.25 Å². The molecule has 0 radical (unpaired) electrons. The van der Waals surface area contributed by atoms with E-state index in [9.17, 15) is 17.3 Å². The Morgan fingerprint density at radius 1 is 1.07 bits per heavy atom. The average molecular weight is 212 g/mol. The second-order valence-corrected chi connectivity index (χ2v) is 3.14. The summed E-state index contributed by atoms with van der Waals surface area (Å²) >= 11 is 0. The fourth-order valence-corrected chi connectivity index (χ4v) is 1.34. The Morgan fingerprint density at radius 3 is 1.86 bits per heavy atom. The van der Waals surface area contributed by atoms with E-state index >= 15 is 0 Å². The van der Waals surface area contributed by atoms with Gasteiger partial charge < -0.3 is 22.2 Å². The summed E-state index contributed by atoms with van der Waals surface area (Å²) in [6, 6.07) is 2.20. The monoisotopic (exact) mass is 212 g/mol. The van der Waals surface area contributed by atoms with Crippen molar-refractivity contribution >= 4 is 7.25 Å². The van der Waals surface area contributed by atoms with Gasteiger partial charge in [0.25, 0.3) is 0 Å². The van der Waals surface area contributed by atoms with Crippen LogP contribution in [0.3, 0.4) is 0 Å². The summed E-state index contributed by atoms with van der Waals surface area (Å²) in [5, 5.41) is 8.35. The molecule has 1 rings (SSSR count). The highest BCUT2D eigenvalue weighted by atomic mass is 19.5. The van der Waals surface area contributed by atoms with Crippen LogP contribution in [-0.2, 0) is 0 Å². The van der Waals surface area contributed by atoms with Crippen LogP contribution < -0.4 is 4.90 Å². The minimum absolute atomic E-state index is 0.708. The molecular formula is C7H13BF4N2. The Hall–Kier alpha value is -0.765. The van der Waals surface area contributed by atoms with E-state index in [1.54, 1.807) is 0 Å². The predicted octanol–water partition coefficient (Wildman–Crippen LogP) is 0.879. The minimum Gasteiger partial charge on any atom is -0.418 e. The SMILES string of the molecule is F[B-](F)(F)F.N#CC[NH+]1CCCCC1. The molecule has 1 N–H and O–H groups in total. The summed E-state index contributed by atoms with van der Waals surface area (Å²) in [4.78, 5) is 1.48. The summed E-state index contributed by atoms with van der Waals surface area (Å²) in [5.74, 6) is 0. The van der Waals surface area contributed by atoms with Crippen molar-refractivity contribution in [3.05, 3.63) is 0 Å². The maximum atomic E-state index is 9.75. The van der Waals surface area contributed by atoms with Gasteiger partial charge in [0.05, 0.1) is 13.1 Å². The van der Waals surface area contributed by atoms with Gasteiger partial charge in [-0.1, -0.05) is 0 Å². The largest absolute Gasteiger partial charge is 0.673 e. The summed E-state index contributed by atoms with van der Waals surface area (Å²) in [6.45, 7) is 3.14. The third-order valence-electron chi connectivity index (χ3n) is 1.89. The topological polar surface area (TPSA) is 28.2 Å². The van der Waals surface area contributed by atoms with E-state index in [1.165, 1.54) is 37.3 Å². The number of rotatable bonds is 1. The number of likely N-dealkylation sites (tertiary alicyclic amines) is 1. The molecule has 14 heavy (non-hydrogen) atoms. The predicted molar refractivity (Wildman–Crippen MR) is 45.2 cm³/mol. The first kappa shape index (κ1) is 13.2. The molecule has 0 aromatic rings. The standard InChI is InChI=1S/C7H12N2.BF4/c8-4-7-9-5-2-1-3-6-9;2-1(3,4)5/h1-3,5-7H2;/q;-1/p+1. The fourth-order valence-electron chi connectivity index (χ4n) is 1.34. The molecule has 0 aromatic carbocycles. The summed E-state index contributed by atoms with van der Waals surface area (Å²) in [6.07, 6.45) is 4.00. The molecule has 0 amide bonds.